The van der Waals surface area contributed by atoms with Crippen molar-refractivity contribution in [3.05, 3.63) is 54.0 Å². The largest absolute Gasteiger partial charge is 0.383 e. The van der Waals surface area contributed by atoms with Gasteiger partial charge in [0.15, 0.2) is 0 Å². The van der Waals surface area contributed by atoms with Gasteiger partial charge in [0.2, 0.25) is 0 Å². The van der Waals surface area contributed by atoms with Gasteiger partial charge in [-0.15, -0.1) is 0 Å². The summed E-state index contributed by atoms with van der Waals surface area (Å²) in [6.07, 6.45) is 2.65. The van der Waals surface area contributed by atoms with Crippen molar-refractivity contribution in [2.75, 3.05) is 39.5 Å². The van der Waals surface area contributed by atoms with Gasteiger partial charge >= 0.3 is 0 Å². The van der Waals surface area contributed by atoms with E-state index in [2.05, 4.69) is 34.0 Å². The van der Waals surface area contributed by atoms with Crippen molar-refractivity contribution in [3.63, 3.8) is 0 Å². The minimum absolute atomic E-state index is 0.0922. The molecule has 2 N–H and O–H groups in total. The van der Waals surface area contributed by atoms with Crippen LogP contribution in [0.4, 0.5) is 5.82 Å². The molecule has 0 unspecified atom stereocenters. The minimum atomic E-state index is -0.207. The zero-order valence-corrected chi connectivity index (χ0v) is 14.5. The van der Waals surface area contributed by atoms with Crippen LogP contribution in [0.15, 0.2) is 42.9 Å². The molecular formula is C18H23N5O2. The maximum Gasteiger partial charge on any atom is 0.259 e. The van der Waals surface area contributed by atoms with Crippen LogP contribution in [0, 0.1) is 0 Å². The van der Waals surface area contributed by atoms with Crippen molar-refractivity contribution >= 4 is 11.7 Å². The number of nitrogen functional groups attached to an aromatic ring is 1. The molecule has 1 aliphatic heterocycles. The lowest BCUT2D eigenvalue weighted by Gasteiger charge is -2.40. The van der Waals surface area contributed by atoms with Crippen molar-refractivity contribution < 1.29 is 9.53 Å². The molecule has 0 bridgehead atoms. The summed E-state index contributed by atoms with van der Waals surface area (Å²) in [5.41, 5.74) is 7.28. The number of benzene rings is 1. The van der Waals surface area contributed by atoms with E-state index >= 15 is 0 Å². The van der Waals surface area contributed by atoms with Crippen LogP contribution in [-0.4, -0.2) is 65.6 Å². The van der Waals surface area contributed by atoms with Crippen molar-refractivity contribution in [1.82, 2.24) is 19.8 Å². The van der Waals surface area contributed by atoms with Crippen molar-refractivity contribution in [1.29, 1.82) is 0 Å². The van der Waals surface area contributed by atoms with Gasteiger partial charge in [0.05, 0.1) is 24.3 Å². The molecule has 0 aliphatic carbocycles. The molecule has 1 saturated heterocycles. The Hall–Kier alpha value is -2.51. The molecule has 1 aromatic carbocycles. The Labute approximate surface area is 147 Å². The Morgan fingerprint density at radius 3 is 2.88 bits per heavy atom. The molecule has 1 amide bonds. The summed E-state index contributed by atoms with van der Waals surface area (Å²) >= 11 is 0. The third-order valence-corrected chi connectivity index (χ3v) is 4.52. The standard InChI is InChI=1S/C18H23N5O2/c1-22-8-9-25-15(16(22)13-6-4-3-5-7-13)11-23(2)18(24)14-10-20-12-21-17(14)19/h3-7,10,12,15-16H,8-9,11H2,1-2H3,(H2,19,20,21)/t15-,16-/m0/s1. The number of carbonyl (C=O) groups is 1. The van der Waals surface area contributed by atoms with Crippen LogP contribution in [0.3, 0.4) is 0 Å². The van der Waals surface area contributed by atoms with Crippen molar-refractivity contribution in [3.8, 4) is 0 Å². The monoisotopic (exact) mass is 341 g/mol. The lowest BCUT2D eigenvalue weighted by molar-refractivity contribution is -0.0707. The van der Waals surface area contributed by atoms with E-state index in [1.165, 1.54) is 18.1 Å². The first-order chi connectivity index (χ1) is 12.1. The highest BCUT2D eigenvalue weighted by Crippen LogP contribution is 2.29. The third-order valence-electron chi connectivity index (χ3n) is 4.52. The molecular weight excluding hydrogens is 318 g/mol. The predicted octanol–water partition coefficient (Wildman–Crippen LogP) is 1.20. The van der Waals surface area contributed by atoms with E-state index < -0.39 is 0 Å². The summed E-state index contributed by atoms with van der Waals surface area (Å²) < 4.78 is 6.00. The fraction of sp³-hybridized carbons (Fsp3) is 0.389. The Balaban J connectivity index is 1.77. The number of aromatic nitrogens is 2. The van der Waals surface area contributed by atoms with E-state index in [1.807, 2.05) is 18.2 Å². The van der Waals surface area contributed by atoms with Gasteiger partial charge in [-0.2, -0.15) is 0 Å². The van der Waals surface area contributed by atoms with Crippen molar-refractivity contribution in [2.24, 2.45) is 0 Å². The molecule has 2 aromatic rings. The summed E-state index contributed by atoms with van der Waals surface area (Å²) in [6.45, 7) is 1.95. The van der Waals surface area contributed by atoms with Crippen LogP contribution >= 0.6 is 0 Å². The van der Waals surface area contributed by atoms with E-state index in [1.54, 1.807) is 11.9 Å². The summed E-state index contributed by atoms with van der Waals surface area (Å²) in [5.74, 6) is -0.0186. The predicted molar refractivity (Wildman–Crippen MR) is 95.0 cm³/mol. The number of morpholine rings is 1. The normalized spacial score (nSPS) is 21.0. The molecule has 25 heavy (non-hydrogen) atoms. The molecule has 7 heteroatoms. The van der Waals surface area contributed by atoms with Crippen molar-refractivity contribution in [2.45, 2.75) is 12.1 Å². The fourth-order valence-electron chi connectivity index (χ4n) is 3.20. The maximum atomic E-state index is 12.7. The van der Waals surface area contributed by atoms with Gasteiger partial charge in [0.1, 0.15) is 12.1 Å². The zero-order valence-electron chi connectivity index (χ0n) is 14.5. The van der Waals surface area contributed by atoms with E-state index in [9.17, 15) is 4.79 Å². The molecule has 0 spiro atoms. The summed E-state index contributed by atoms with van der Waals surface area (Å²) in [4.78, 5) is 24.3. The Morgan fingerprint density at radius 1 is 1.40 bits per heavy atom. The Bertz CT molecular complexity index is 724. The number of rotatable bonds is 4. The van der Waals surface area contributed by atoms with Crippen LogP contribution in [0.2, 0.25) is 0 Å². The number of ether oxygens (including phenoxy) is 1. The van der Waals surface area contributed by atoms with Gasteiger partial charge < -0.3 is 15.4 Å². The Morgan fingerprint density at radius 2 is 2.16 bits per heavy atom. The molecule has 1 aliphatic rings. The highest BCUT2D eigenvalue weighted by Gasteiger charge is 2.33. The van der Waals surface area contributed by atoms with Crippen LogP contribution in [-0.2, 0) is 4.74 Å². The zero-order chi connectivity index (χ0) is 17.8. The first-order valence-electron chi connectivity index (χ1n) is 8.25. The van der Waals surface area contributed by atoms with Gasteiger partial charge in [0.25, 0.3) is 5.91 Å². The number of hydrogen-bond donors (Lipinski definition) is 1. The minimum Gasteiger partial charge on any atom is -0.383 e. The average molecular weight is 341 g/mol. The lowest BCUT2D eigenvalue weighted by atomic mass is 9.98. The molecule has 132 valence electrons. The summed E-state index contributed by atoms with van der Waals surface area (Å²) in [7, 11) is 3.83. The van der Waals surface area contributed by atoms with Crippen LogP contribution in [0.25, 0.3) is 0 Å². The SMILES string of the molecule is CN(C[C@@H]1OCCN(C)[C@H]1c1ccccc1)C(=O)c1cncnc1N. The van der Waals surface area contributed by atoms with Gasteiger partial charge in [-0.3, -0.25) is 9.69 Å². The van der Waals surface area contributed by atoms with E-state index in [0.29, 0.717) is 18.7 Å². The second-order valence-corrected chi connectivity index (χ2v) is 6.25. The molecule has 0 saturated carbocycles. The van der Waals surface area contributed by atoms with E-state index in [4.69, 9.17) is 10.5 Å². The van der Waals surface area contributed by atoms with Gasteiger partial charge in [-0.05, 0) is 12.6 Å². The van der Waals surface area contributed by atoms with Gasteiger partial charge in [0, 0.05) is 26.3 Å². The summed E-state index contributed by atoms with van der Waals surface area (Å²) in [6, 6.07) is 10.3. The highest BCUT2D eigenvalue weighted by molar-refractivity contribution is 5.97. The number of anilines is 1. The van der Waals surface area contributed by atoms with E-state index in [0.717, 1.165) is 6.54 Å². The number of nitrogens with zero attached hydrogens (tertiary/aromatic N) is 4. The van der Waals surface area contributed by atoms with Gasteiger partial charge in [-0.1, -0.05) is 30.3 Å². The van der Waals surface area contributed by atoms with Crippen LogP contribution in [0.5, 0.6) is 0 Å². The average Bonchev–Trinajstić information content (AvgIpc) is 2.62. The smallest absolute Gasteiger partial charge is 0.259 e. The third kappa shape index (κ3) is 3.78. The van der Waals surface area contributed by atoms with Crippen LogP contribution < -0.4 is 5.73 Å². The fourth-order valence-corrected chi connectivity index (χ4v) is 3.20. The lowest BCUT2D eigenvalue weighted by Crippen LogP contribution is -2.48. The second kappa shape index (κ2) is 7.58. The molecule has 0 radical (unpaired) electrons. The number of likely N-dealkylation sites (N-methyl/N-ethyl adjacent to an activating group) is 2. The molecule has 3 rings (SSSR count). The first-order valence-corrected chi connectivity index (χ1v) is 8.25. The molecule has 7 nitrogen and oxygen atoms in total. The number of amides is 1. The molecule has 1 aromatic heterocycles. The van der Waals surface area contributed by atoms with E-state index in [-0.39, 0.29) is 23.9 Å². The summed E-state index contributed by atoms with van der Waals surface area (Å²) in [5, 5.41) is 0. The Kier molecular flexibility index (Phi) is 5.25. The maximum absolute atomic E-state index is 12.7. The quantitative estimate of drug-likeness (QED) is 0.900. The second-order valence-electron chi connectivity index (χ2n) is 6.25. The highest BCUT2D eigenvalue weighted by atomic mass is 16.5. The molecule has 1 fully saturated rings. The first kappa shape index (κ1) is 17.3. The van der Waals surface area contributed by atoms with Crippen LogP contribution in [0.1, 0.15) is 22.0 Å². The molecule has 2 heterocycles. The molecule has 2 atom stereocenters. The van der Waals surface area contributed by atoms with Gasteiger partial charge in [-0.25, -0.2) is 9.97 Å². The number of nitrogens with two attached hydrogens (primary N) is 1. The number of hydrogen-bond acceptors (Lipinski definition) is 6. The number of carbonyl (C=O) groups excluding carboxylic acids is 1. The topological polar surface area (TPSA) is 84.6 Å².